The molecular formula is C8H12N2O3. The molecule has 1 aliphatic heterocycles. The van der Waals surface area contributed by atoms with E-state index in [2.05, 4.69) is 11.9 Å². The molecule has 1 atom stereocenters. The lowest BCUT2D eigenvalue weighted by Gasteiger charge is -2.20. The molecule has 1 aliphatic rings. The Morgan fingerprint density at radius 2 is 2.46 bits per heavy atom. The third-order valence-corrected chi connectivity index (χ3v) is 1.96. The predicted octanol–water partition coefficient (Wildman–Crippen LogP) is 0.0409. The van der Waals surface area contributed by atoms with Gasteiger partial charge in [0.1, 0.15) is 6.54 Å². The normalized spacial score (nSPS) is 21.5. The monoisotopic (exact) mass is 184 g/mol. The molecule has 1 rings (SSSR count). The van der Waals surface area contributed by atoms with Crippen molar-refractivity contribution in [3.05, 3.63) is 12.2 Å². The van der Waals surface area contributed by atoms with Crippen LogP contribution < -0.4 is 5.32 Å². The van der Waals surface area contributed by atoms with E-state index in [4.69, 9.17) is 5.11 Å². The first-order valence-electron chi connectivity index (χ1n) is 3.94. The molecule has 0 saturated carbocycles. The van der Waals surface area contributed by atoms with Crippen molar-refractivity contribution in [1.82, 2.24) is 10.2 Å². The van der Waals surface area contributed by atoms with E-state index in [1.807, 2.05) is 0 Å². The van der Waals surface area contributed by atoms with Gasteiger partial charge in [-0.2, -0.15) is 0 Å². The molecule has 0 aromatic rings. The Bertz CT molecular complexity index is 262. The van der Waals surface area contributed by atoms with Crippen molar-refractivity contribution >= 4 is 12.0 Å². The fraction of sp³-hybridized carbons (Fsp3) is 0.500. The van der Waals surface area contributed by atoms with Crippen molar-refractivity contribution in [2.24, 2.45) is 0 Å². The number of hydrogen-bond donors (Lipinski definition) is 2. The molecule has 5 nitrogen and oxygen atoms in total. The molecule has 1 heterocycles. The topological polar surface area (TPSA) is 69.6 Å². The second-order valence-corrected chi connectivity index (χ2v) is 3.07. The fourth-order valence-corrected chi connectivity index (χ4v) is 1.31. The maximum absolute atomic E-state index is 11.1. The fourth-order valence-electron chi connectivity index (χ4n) is 1.31. The van der Waals surface area contributed by atoms with Gasteiger partial charge in [-0.05, 0) is 6.92 Å². The Labute approximate surface area is 76.0 Å². The number of nitrogens with zero attached hydrogens (tertiary/aromatic N) is 1. The molecule has 0 aliphatic carbocycles. The summed E-state index contributed by atoms with van der Waals surface area (Å²) in [7, 11) is 0. The molecule has 0 unspecified atom stereocenters. The van der Waals surface area contributed by atoms with Crippen molar-refractivity contribution in [1.29, 1.82) is 0 Å². The van der Waals surface area contributed by atoms with Gasteiger partial charge < -0.3 is 15.3 Å². The highest BCUT2D eigenvalue weighted by Gasteiger charge is 2.32. The summed E-state index contributed by atoms with van der Waals surface area (Å²) in [4.78, 5) is 22.8. The van der Waals surface area contributed by atoms with E-state index in [9.17, 15) is 9.59 Å². The Morgan fingerprint density at radius 1 is 1.85 bits per heavy atom. The number of hydrogen-bond acceptors (Lipinski definition) is 2. The first-order chi connectivity index (χ1) is 6.02. The molecule has 1 fully saturated rings. The number of carbonyl (C=O) groups excluding carboxylic acids is 1. The van der Waals surface area contributed by atoms with Gasteiger partial charge >= 0.3 is 12.0 Å². The summed E-state index contributed by atoms with van der Waals surface area (Å²) in [6, 6.07) is -0.529. The van der Waals surface area contributed by atoms with Crippen LogP contribution in [0, 0.1) is 0 Å². The Balaban J connectivity index is 2.71. The summed E-state index contributed by atoms with van der Waals surface area (Å²) in [6.45, 7) is 5.65. The minimum atomic E-state index is -1.01. The quantitative estimate of drug-likeness (QED) is 0.608. The summed E-state index contributed by atoms with van der Waals surface area (Å²) in [6.07, 6.45) is 0. The SMILES string of the molecule is C=C(C)[C@@H]1CNC(=O)N1CC(=O)O. The third kappa shape index (κ3) is 1.99. The zero-order chi connectivity index (χ0) is 10.0. The first kappa shape index (κ1) is 9.57. The average Bonchev–Trinajstić information content (AvgIpc) is 2.32. The third-order valence-electron chi connectivity index (χ3n) is 1.96. The van der Waals surface area contributed by atoms with Crippen LogP contribution in [-0.2, 0) is 4.79 Å². The molecule has 0 aromatic heterocycles. The van der Waals surface area contributed by atoms with Gasteiger partial charge in [0.2, 0.25) is 0 Å². The van der Waals surface area contributed by atoms with Crippen LogP contribution >= 0.6 is 0 Å². The maximum Gasteiger partial charge on any atom is 0.323 e. The van der Waals surface area contributed by atoms with Crippen molar-refractivity contribution in [2.75, 3.05) is 13.1 Å². The van der Waals surface area contributed by atoms with Gasteiger partial charge in [-0.15, -0.1) is 0 Å². The van der Waals surface area contributed by atoms with E-state index < -0.39 is 5.97 Å². The van der Waals surface area contributed by atoms with Crippen LogP contribution in [-0.4, -0.2) is 41.1 Å². The van der Waals surface area contributed by atoms with E-state index in [0.29, 0.717) is 6.54 Å². The molecular weight excluding hydrogens is 172 g/mol. The molecule has 0 radical (unpaired) electrons. The molecule has 5 heteroatoms. The number of carbonyl (C=O) groups is 2. The first-order valence-corrected chi connectivity index (χ1v) is 3.94. The van der Waals surface area contributed by atoms with E-state index >= 15 is 0 Å². The Hall–Kier alpha value is -1.52. The Morgan fingerprint density at radius 3 is 2.92 bits per heavy atom. The molecule has 2 amide bonds. The van der Waals surface area contributed by atoms with Crippen LogP contribution in [0.3, 0.4) is 0 Å². The standard InChI is InChI=1S/C8H12N2O3/c1-5(2)6-3-9-8(13)10(6)4-7(11)12/h6H,1,3-4H2,2H3,(H,9,13)(H,11,12)/t6-/m0/s1. The highest BCUT2D eigenvalue weighted by Crippen LogP contribution is 2.13. The van der Waals surface area contributed by atoms with E-state index in [1.165, 1.54) is 4.90 Å². The molecule has 0 spiro atoms. The maximum atomic E-state index is 11.1. The number of nitrogens with one attached hydrogen (secondary N) is 1. The molecule has 1 saturated heterocycles. The van der Waals surface area contributed by atoms with E-state index in [-0.39, 0.29) is 18.6 Å². The zero-order valence-electron chi connectivity index (χ0n) is 7.41. The largest absolute Gasteiger partial charge is 0.480 e. The summed E-state index contributed by atoms with van der Waals surface area (Å²) < 4.78 is 0. The molecule has 2 N–H and O–H groups in total. The number of amides is 2. The van der Waals surface area contributed by atoms with Gasteiger partial charge in [-0.1, -0.05) is 12.2 Å². The van der Waals surface area contributed by atoms with Gasteiger partial charge in [0.25, 0.3) is 0 Å². The highest BCUT2D eigenvalue weighted by atomic mass is 16.4. The van der Waals surface area contributed by atoms with Crippen molar-refractivity contribution in [2.45, 2.75) is 13.0 Å². The molecule has 0 bridgehead atoms. The van der Waals surface area contributed by atoms with Gasteiger partial charge in [-0.25, -0.2) is 4.79 Å². The number of aliphatic carboxylic acids is 1. The lowest BCUT2D eigenvalue weighted by Crippen LogP contribution is -2.38. The summed E-state index contributed by atoms with van der Waals surface area (Å²) in [5.74, 6) is -1.01. The highest BCUT2D eigenvalue weighted by molar-refractivity contribution is 5.82. The van der Waals surface area contributed by atoms with Crippen LogP contribution in [0.5, 0.6) is 0 Å². The van der Waals surface area contributed by atoms with Crippen molar-refractivity contribution in [3.8, 4) is 0 Å². The average molecular weight is 184 g/mol. The van der Waals surface area contributed by atoms with Gasteiger partial charge in [0, 0.05) is 6.54 Å². The number of rotatable bonds is 3. The van der Waals surface area contributed by atoms with Crippen LogP contribution in [0.2, 0.25) is 0 Å². The molecule has 13 heavy (non-hydrogen) atoms. The predicted molar refractivity (Wildman–Crippen MR) is 46.3 cm³/mol. The second-order valence-electron chi connectivity index (χ2n) is 3.07. The summed E-state index contributed by atoms with van der Waals surface area (Å²) in [5.41, 5.74) is 0.791. The lowest BCUT2D eigenvalue weighted by molar-refractivity contribution is -0.137. The van der Waals surface area contributed by atoms with Gasteiger partial charge in [-0.3, -0.25) is 4.79 Å². The number of carboxylic acid groups (broad SMARTS) is 1. The lowest BCUT2D eigenvalue weighted by atomic mass is 10.1. The van der Waals surface area contributed by atoms with Gasteiger partial charge in [0.05, 0.1) is 6.04 Å². The minimum Gasteiger partial charge on any atom is -0.480 e. The van der Waals surface area contributed by atoms with Crippen molar-refractivity contribution in [3.63, 3.8) is 0 Å². The smallest absolute Gasteiger partial charge is 0.323 e. The molecule has 72 valence electrons. The second kappa shape index (κ2) is 3.47. The van der Waals surface area contributed by atoms with Crippen LogP contribution in [0.1, 0.15) is 6.92 Å². The zero-order valence-corrected chi connectivity index (χ0v) is 7.41. The van der Waals surface area contributed by atoms with E-state index in [0.717, 1.165) is 5.57 Å². The molecule has 0 aromatic carbocycles. The minimum absolute atomic E-state index is 0.191. The van der Waals surface area contributed by atoms with Crippen molar-refractivity contribution < 1.29 is 14.7 Å². The van der Waals surface area contributed by atoms with Gasteiger partial charge in [0.15, 0.2) is 0 Å². The summed E-state index contributed by atoms with van der Waals surface area (Å²) >= 11 is 0. The van der Waals surface area contributed by atoms with Crippen LogP contribution in [0.25, 0.3) is 0 Å². The number of carboxylic acids is 1. The van der Waals surface area contributed by atoms with E-state index in [1.54, 1.807) is 6.92 Å². The summed E-state index contributed by atoms with van der Waals surface area (Å²) in [5, 5.41) is 11.1. The number of urea groups is 1. The Kier molecular flexibility index (Phi) is 2.55. The van der Waals surface area contributed by atoms with Crippen LogP contribution in [0.4, 0.5) is 4.79 Å². The van der Waals surface area contributed by atoms with Crippen LogP contribution in [0.15, 0.2) is 12.2 Å².